The van der Waals surface area contributed by atoms with Crippen molar-refractivity contribution in [3.8, 4) is 5.69 Å². The van der Waals surface area contributed by atoms with E-state index in [9.17, 15) is 4.79 Å². The summed E-state index contributed by atoms with van der Waals surface area (Å²) in [5.41, 5.74) is 7.54. The van der Waals surface area contributed by atoms with Crippen molar-refractivity contribution in [2.75, 3.05) is 0 Å². The van der Waals surface area contributed by atoms with Crippen LogP contribution in [-0.2, 0) is 0 Å². The molecule has 0 fully saturated rings. The zero-order valence-corrected chi connectivity index (χ0v) is 23.8. The zero-order chi connectivity index (χ0) is 28.4. The minimum atomic E-state index is 0.0571. The first-order valence-corrected chi connectivity index (χ1v) is 15.1. The van der Waals surface area contributed by atoms with Crippen LogP contribution in [0.25, 0.3) is 91.5 Å². The Morgan fingerprint density at radius 1 is 0.558 bits per heavy atom. The number of hydrogen-bond donors (Lipinski definition) is 0. The second kappa shape index (κ2) is 8.12. The third-order valence-electron chi connectivity index (χ3n) is 8.84. The molecule has 0 amide bonds. The van der Waals surface area contributed by atoms with E-state index >= 15 is 0 Å². The van der Waals surface area contributed by atoms with Gasteiger partial charge in [0.2, 0.25) is 0 Å². The van der Waals surface area contributed by atoms with Gasteiger partial charge >= 0.3 is 0 Å². The summed E-state index contributed by atoms with van der Waals surface area (Å²) in [5.74, 6) is 0. The van der Waals surface area contributed by atoms with Crippen molar-refractivity contribution in [3.05, 3.63) is 125 Å². The summed E-state index contributed by atoms with van der Waals surface area (Å²) in [7, 11) is 0. The van der Waals surface area contributed by atoms with Gasteiger partial charge in [0.25, 0.3) is 0 Å². The van der Waals surface area contributed by atoms with Gasteiger partial charge in [-0.15, -0.1) is 11.3 Å². The van der Waals surface area contributed by atoms with Gasteiger partial charge in [-0.1, -0.05) is 60.7 Å². The molecule has 0 saturated heterocycles. The van der Waals surface area contributed by atoms with Gasteiger partial charge in [-0.25, -0.2) is 0 Å². The maximum Gasteiger partial charge on any atom is 0.195 e. The SMILES string of the molecule is Cc1ccc2c(c1)oc1c2ccc2c3ccccc3n(-c3cccc4c3oc3cc5sc6ccccc6c(=O)c5cc34)c21. The number of nitrogens with zero attached hydrogens (tertiary/aromatic N) is 1. The molecule has 0 unspecified atom stereocenters. The van der Waals surface area contributed by atoms with E-state index in [-0.39, 0.29) is 5.43 Å². The van der Waals surface area contributed by atoms with Crippen molar-refractivity contribution < 1.29 is 8.83 Å². The van der Waals surface area contributed by atoms with Crippen LogP contribution in [-0.4, -0.2) is 4.57 Å². The standard InChI is InChI=1S/C38H21NO3S/c1-20-13-14-22-25-16-15-23-21-7-2-4-10-29(21)39(35(23)38(25)42-31(22)17-20)30-11-6-9-24-27-18-28-34(19-32(27)41-37(24)30)43-33-12-5-3-8-26(33)36(28)40/h2-19H,1H3. The van der Waals surface area contributed by atoms with Crippen LogP contribution in [0.1, 0.15) is 5.56 Å². The fraction of sp³-hybridized carbons (Fsp3) is 0.0263. The Balaban J connectivity index is 1.36. The minimum Gasteiger partial charge on any atom is -0.454 e. The van der Waals surface area contributed by atoms with Crippen LogP contribution in [0.2, 0.25) is 0 Å². The summed E-state index contributed by atoms with van der Waals surface area (Å²) in [6.07, 6.45) is 0. The largest absolute Gasteiger partial charge is 0.454 e. The van der Waals surface area contributed by atoms with Crippen LogP contribution < -0.4 is 5.43 Å². The lowest BCUT2D eigenvalue weighted by atomic mass is 10.1. The van der Waals surface area contributed by atoms with Crippen molar-refractivity contribution in [2.45, 2.75) is 6.92 Å². The Bertz CT molecular complexity index is 2880. The Labute approximate surface area is 247 Å². The van der Waals surface area contributed by atoms with Gasteiger partial charge in [0.1, 0.15) is 11.2 Å². The molecule has 10 rings (SSSR count). The van der Waals surface area contributed by atoms with Crippen LogP contribution >= 0.6 is 11.3 Å². The van der Waals surface area contributed by atoms with E-state index in [2.05, 4.69) is 84.3 Å². The zero-order valence-electron chi connectivity index (χ0n) is 23.0. The second-order valence-corrected chi connectivity index (χ2v) is 12.4. The Hall–Kier alpha value is -5.39. The van der Waals surface area contributed by atoms with Gasteiger partial charge in [-0.3, -0.25) is 4.79 Å². The quantitative estimate of drug-likeness (QED) is 0.184. The van der Waals surface area contributed by atoms with E-state index < -0.39 is 0 Å². The van der Waals surface area contributed by atoms with Gasteiger partial charge in [0.15, 0.2) is 16.6 Å². The van der Waals surface area contributed by atoms with Gasteiger partial charge in [0.05, 0.1) is 16.7 Å². The first kappa shape index (κ1) is 23.2. The van der Waals surface area contributed by atoms with Crippen molar-refractivity contribution in [2.24, 2.45) is 0 Å². The normalized spacial score (nSPS) is 12.4. The van der Waals surface area contributed by atoms with Crippen molar-refractivity contribution >= 4 is 97.2 Å². The molecular weight excluding hydrogens is 550 g/mol. The number of hydrogen-bond acceptors (Lipinski definition) is 4. The molecule has 4 nitrogen and oxygen atoms in total. The number of fused-ring (bicyclic) bond motifs is 12. The van der Waals surface area contributed by atoms with Crippen molar-refractivity contribution in [1.29, 1.82) is 0 Å². The third-order valence-corrected chi connectivity index (χ3v) is 9.98. The molecule has 4 heterocycles. The summed E-state index contributed by atoms with van der Waals surface area (Å²) >= 11 is 1.62. The lowest BCUT2D eigenvalue weighted by molar-refractivity contribution is 0.665. The molecule has 5 heteroatoms. The van der Waals surface area contributed by atoms with Crippen LogP contribution in [0, 0.1) is 6.92 Å². The van der Waals surface area contributed by atoms with E-state index in [0.717, 1.165) is 97.1 Å². The lowest BCUT2D eigenvalue weighted by Gasteiger charge is -2.08. The predicted molar refractivity (Wildman–Crippen MR) is 179 cm³/mol. The molecule has 10 aromatic rings. The summed E-state index contributed by atoms with van der Waals surface area (Å²) in [6.45, 7) is 2.09. The fourth-order valence-electron chi connectivity index (χ4n) is 6.89. The predicted octanol–water partition coefficient (Wildman–Crippen LogP) is 10.6. The second-order valence-electron chi connectivity index (χ2n) is 11.3. The highest BCUT2D eigenvalue weighted by Crippen LogP contribution is 2.43. The molecule has 43 heavy (non-hydrogen) atoms. The highest BCUT2D eigenvalue weighted by atomic mass is 32.1. The van der Waals surface area contributed by atoms with Gasteiger partial charge in [-0.05, 0) is 61.0 Å². The summed E-state index contributed by atoms with van der Waals surface area (Å²) < 4.78 is 17.5. The van der Waals surface area contributed by atoms with Gasteiger partial charge in [0, 0.05) is 52.5 Å². The van der Waals surface area contributed by atoms with E-state index in [0.29, 0.717) is 0 Å². The first-order valence-electron chi connectivity index (χ1n) is 14.3. The molecule has 202 valence electrons. The third kappa shape index (κ3) is 3.01. The highest BCUT2D eigenvalue weighted by Gasteiger charge is 2.22. The summed E-state index contributed by atoms with van der Waals surface area (Å²) in [6, 6.07) is 37.3. The molecule has 0 aliphatic heterocycles. The van der Waals surface area contributed by atoms with Gasteiger partial charge < -0.3 is 13.4 Å². The molecule has 0 aliphatic carbocycles. The van der Waals surface area contributed by atoms with Crippen LogP contribution in [0.4, 0.5) is 0 Å². The molecule has 0 bridgehead atoms. The smallest absolute Gasteiger partial charge is 0.195 e. The molecule has 0 N–H and O–H groups in total. The average Bonchev–Trinajstić information content (AvgIpc) is 3.69. The number of benzene rings is 6. The van der Waals surface area contributed by atoms with Gasteiger partial charge in [-0.2, -0.15) is 0 Å². The van der Waals surface area contributed by atoms with E-state index in [1.54, 1.807) is 11.3 Å². The van der Waals surface area contributed by atoms with E-state index in [1.807, 2.05) is 36.4 Å². The molecule has 0 aliphatic rings. The lowest BCUT2D eigenvalue weighted by Crippen LogP contribution is -2.00. The molecular formula is C38H21NO3S. The van der Waals surface area contributed by atoms with Crippen LogP contribution in [0.5, 0.6) is 0 Å². The van der Waals surface area contributed by atoms with Crippen LogP contribution in [0.15, 0.2) is 123 Å². The topological polar surface area (TPSA) is 48.3 Å². The Morgan fingerprint density at radius 3 is 2.21 bits per heavy atom. The number of aryl methyl sites for hydroxylation is 1. The molecule has 4 aromatic heterocycles. The summed E-state index contributed by atoms with van der Waals surface area (Å²) in [5, 5.41) is 7.87. The Morgan fingerprint density at radius 2 is 1.28 bits per heavy atom. The molecule has 0 saturated carbocycles. The number of rotatable bonds is 1. The number of para-hydroxylation sites is 2. The van der Waals surface area contributed by atoms with E-state index in [4.69, 9.17) is 8.83 Å². The number of aromatic nitrogens is 1. The maximum absolute atomic E-state index is 13.5. The van der Waals surface area contributed by atoms with Crippen molar-refractivity contribution in [1.82, 2.24) is 4.57 Å². The summed E-state index contributed by atoms with van der Waals surface area (Å²) in [4.78, 5) is 13.5. The van der Waals surface area contributed by atoms with E-state index in [1.165, 1.54) is 0 Å². The molecule has 0 spiro atoms. The van der Waals surface area contributed by atoms with Crippen LogP contribution in [0.3, 0.4) is 0 Å². The Kier molecular flexibility index (Phi) is 4.38. The number of furan rings is 2. The minimum absolute atomic E-state index is 0.0571. The fourth-order valence-corrected chi connectivity index (χ4v) is 7.98. The maximum atomic E-state index is 13.5. The molecule has 0 atom stereocenters. The molecule has 0 radical (unpaired) electrons. The molecule has 6 aromatic carbocycles. The van der Waals surface area contributed by atoms with Crippen molar-refractivity contribution in [3.63, 3.8) is 0 Å². The first-order chi connectivity index (χ1) is 21.1. The monoisotopic (exact) mass is 571 g/mol. The average molecular weight is 572 g/mol. The highest BCUT2D eigenvalue weighted by molar-refractivity contribution is 7.24.